The highest BCUT2D eigenvalue weighted by molar-refractivity contribution is 4.88. The molecule has 78 valence electrons. The second kappa shape index (κ2) is 4.32. The Balaban J connectivity index is 2.59. The molecule has 0 spiro atoms. The third kappa shape index (κ3) is 2.16. The fourth-order valence-electron chi connectivity index (χ4n) is 1.30. The Bertz CT molecular complexity index is 163. The Kier molecular flexibility index (Phi) is 3.60. The fourth-order valence-corrected chi connectivity index (χ4v) is 1.30. The number of hydrogen-bond donors (Lipinski definition) is 5. The Morgan fingerprint density at radius 2 is 1.54 bits per heavy atom. The molecule has 5 atom stereocenters. The molecular formula is C7H14O6. The molecule has 1 aliphatic rings. The molecule has 1 aliphatic heterocycles. The third-order valence-corrected chi connectivity index (χ3v) is 2.10. The lowest BCUT2D eigenvalue weighted by atomic mass is 9.97. The van der Waals surface area contributed by atoms with Gasteiger partial charge in [0.15, 0.2) is 6.29 Å². The van der Waals surface area contributed by atoms with Crippen molar-refractivity contribution in [2.75, 3.05) is 6.61 Å². The summed E-state index contributed by atoms with van der Waals surface area (Å²) >= 11 is 0. The standard InChI is InChI=1S/C7H14O6/c8-2-1-3-4(9)5(10)6(11)7(12)13-3/h3-12H,1-2H2/t3-,4+,5+,6+,7-/m1/s1. The molecule has 1 rings (SSSR count). The first-order valence-corrected chi connectivity index (χ1v) is 4.06. The molecule has 1 saturated heterocycles. The zero-order chi connectivity index (χ0) is 10.0. The lowest BCUT2D eigenvalue weighted by molar-refractivity contribution is -0.283. The monoisotopic (exact) mass is 194 g/mol. The Labute approximate surface area is 75.0 Å². The maximum atomic E-state index is 9.30. The molecule has 5 N–H and O–H groups in total. The van der Waals surface area contributed by atoms with E-state index in [4.69, 9.17) is 20.1 Å². The lowest BCUT2D eigenvalue weighted by Gasteiger charge is -2.38. The number of ether oxygens (including phenoxy) is 1. The second-order valence-electron chi connectivity index (χ2n) is 3.05. The van der Waals surface area contributed by atoms with E-state index >= 15 is 0 Å². The van der Waals surface area contributed by atoms with Gasteiger partial charge in [0, 0.05) is 6.61 Å². The van der Waals surface area contributed by atoms with Crippen molar-refractivity contribution >= 4 is 0 Å². The van der Waals surface area contributed by atoms with Crippen LogP contribution in [0.2, 0.25) is 0 Å². The molecule has 6 heteroatoms. The number of aliphatic hydroxyl groups excluding tert-OH is 5. The van der Waals surface area contributed by atoms with Crippen molar-refractivity contribution in [2.45, 2.75) is 37.1 Å². The van der Waals surface area contributed by atoms with Crippen LogP contribution in [-0.4, -0.2) is 62.8 Å². The third-order valence-electron chi connectivity index (χ3n) is 2.10. The van der Waals surface area contributed by atoms with Crippen LogP contribution in [0, 0.1) is 0 Å². The predicted molar refractivity (Wildman–Crippen MR) is 40.6 cm³/mol. The average Bonchev–Trinajstić information content (AvgIpc) is 2.11. The minimum Gasteiger partial charge on any atom is -0.396 e. The van der Waals surface area contributed by atoms with E-state index in [1.54, 1.807) is 0 Å². The van der Waals surface area contributed by atoms with Gasteiger partial charge < -0.3 is 30.3 Å². The van der Waals surface area contributed by atoms with Gasteiger partial charge in [-0.25, -0.2) is 0 Å². The number of hydrogen-bond acceptors (Lipinski definition) is 6. The van der Waals surface area contributed by atoms with E-state index in [-0.39, 0.29) is 13.0 Å². The molecule has 0 aromatic rings. The quantitative estimate of drug-likeness (QED) is 0.324. The van der Waals surface area contributed by atoms with E-state index in [2.05, 4.69) is 0 Å². The normalized spacial score (nSPS) is 46.4. The van der Waals surface area contributed by atoms with Gasteiger partial charge in [-0.15, -0.1) is 0 Å². The zero-order valence-corrected chi connectivity index (χ0v) is 6.95. The average molecular weight is 194 g/mol. The zero-order valence-electron chi connectivity index (χ0n) is 6.95. The Morgan fingerprint density at radius 3 is 2.08 bits per heavy atom. The van der Waals surface area contributed by atoms with Crippen LogP contribution >= 0.6 is 0 Å². The topological polar surface area (TPSA) is 110 Å². The van der Waals surface area contributed by atoms with Crippen LogP contribution in [0.3, 0.4) is 0 Å². The first-order valence-electron chi connectivity index (χ1n) is 4.06. The van der Waals surface area contributed by atoms with Crippen molar-refractivity contribution in [3.8, 4) is 0 Å². The van der Waals surface area contributed by atoms with Crippen LogP contribution in [0.4, 0.5) is 0 Å². The maximum Gasteiger partial charge on any atom is 0.183 e. The molecular weight excluding hydrogens is 180 g/mol. The molecule has 1 fully saturated rings. The molecule has 13 heavy (non-hydrogen) atoms. The van der Waals surface area contributed by atoms with Gasteiger partial charge in [-0.1, -0.05) is 0 Å². The molecule has 0 saturated carbocycles. The van der Waals surface area contributed by atoms with Crippen LogP contribution in [0.15, 0.2) is 0 Å². The molecule has 0 aliphatic carbocycles. The van der Waals surface area contributed by atoms with Crippen molar-refractivity contribution in [2.24, 2.45) is 0 Å². The van der Waals surface area contributed by atoms with E-state index in [0.717, 1.165) is 0 Å². The van der Waals surface area contributed by atoms with Crippen LogP contribution < -0.4 is 0 Å². The summed E-state index contributed by atoms with van der Waals surface area (Å²) < 4.78 is 4.76. The Morgan fingerprint density at radius 1 is 0.923 bits per heavy atom. The van der Waals surface area contributed by atoms with Gasteiger partial charge in [-0.05, 0) is 6.42 Å². The molecule has 6 nitrogen and oxygen atoms in total. The van der Waals surface area contributed by atoms with Crippen molar-refractivity contribution in [3.05, 3.63) is 0 Å². The molecule has 1 heterocycles. The molecule has 0 aromatic heterocycles. The van der Waals surface area contributed by atoms with Crippen molar-refractivity contribution in [1.29, 1.82) is 0 Å². The highest BCUT2D eigenvalue weighted by atomic mass is 16.6. The molecule has 0 radical (unpaired) electrons. The molecule has 0 unspecified atom stereocenters. The van der Waals surface area contributed by atoms with Crippen LogP contribution in [-0.2, 0) is 4.74 Å². The highest BCUT2D eigenvalue weighted by Crippen LogP contribution is 2.21. The molecule has 0 bridgehead atoms. The summed E-state index contributed by atoms with van der Waals surface area (Å²) in [6.45, 7) is -0.225. The first kappa shape index (κ1) is 10.8. The summed E-state index contributed by atoms with van der Waals surface area (Å²) in [4.78, 5) is 0. The summed E-state index contributed by atoms with van der Waals surface area (Å²) in [5, 5.41) is 45.1. The van der Waals surface area contributed by atoms with Gasteiger partial charge >= 0.3 is 0 Å². The van der Waals surface area contributed by atoms with E-state index < -0.39 is 30.7 Å². The van der Waals surface area contributed by atoms with Crippen molar-refractivity contribution in [3.63, 3.8) is 0 Å². The van der Waals surface area contributed by atoms with Crippen LogP contribution in [0.25, 0.3) is 0 Å². The molecule has 0 amide bonds. The van der Waals surface area contributed by atoms with E-state index in [1.807, 2.05) is 0 Å². The lowest BCUT2D eigenvalue weighted by Crippen LogP contribution is -2.57. The van der Waals surface area contributed by atoms with Crippen LogP contribution in [0.5, 0.6) is 0 Å². The SMILES string of the molecule is OCC[C@H]1O[C@@H](O)[C@@H](O)[C@@H](O)[C@H]1O. The smallest absolute Gasteiger partial charge is 0.183 e. The van der Waals surface area contributed by atoms with E-state index in [9.17, 15) is 10.2 Å². The summed E-state index contributed by atoms with van der Waals surface area (Å²) in [7, 11) is 0. The largest absolute Gasteiger partial charge is 0.396 e. The molecule has 0 aromatic carbocycles. The van der Waals surface area contributed by atoms with Gasteiger partial charge in [-0.3, -0.25) is 0 Å². The van der Waals surface area contributed by atoms with E-state index in [1.165, 1.54) is 0 Å². The number of rotatable bonds is 2. The summed E-state index contributed by atoms with van der Waals surface area (Å²) in [6, 6.07) is 0. The van der Waals surface area contributed by atoms with Crippen LogP contribution in [0.1, 0.15) is 6.42 Å². The number of aliphatic hydroxyl groups is 5. The Hall–Kier alpha value is -0.240. The van der Waals surface area contributed by atoms with Gasteiger partial charge in [0.2, 0.25) is 0 Å². The van der Waals surface area contributed by atoms with Crippen molar-refractivity contribution in [1.82, 2.24) is 0 Å². The summed E-state index contributed by atoms with van der Waals surface area (Å²) in [5.74, 6) is 0. The summed E-state index contributed by atoms with van der Waals surface area (Å²) in [6.07, 6.45) is -6.51. The van der Waals surface area contributed by atoms with Crippen molar-refractivity contribution < 1.29 is 30.3 Å². The van der Waals surface area contributed by atoms with E-state index in [0.29, 0.717) is 0 Å². The fraction of sp³-hybridized carbons (Fsp3) is 1.00. The maximum absolute atomic E-state index is 9.30. The minimum atomic E-state index is -1.52. The summed E-state index contributed by atoms with van der Waals surface area (Å²) in [5.41, 5.74) is 0. The minimum absolute atomic E-state index is 0.0992. The van der Waals surface area contributed by atoms with Gasteiger partial charge in [0.05, 0.1) is 6.10 Å². The highest BCUT2D eigenvalue weighted by Gasteiger charge is 2.42. The van der Waals surface area contributed by atoms with Gasteiger partial charge in [0.25, 0.3) is 0 Å². The predicted octanol–water partition coefficient (Wildman–Crippen LogP) is -2.83. The second-order valence-corrected chi connectivity index (χ2v) is 3.05. The first-order chi connectivity index (χ1) is 6.07. The van der Waals surface area contributed by atoms with Gasteiger partial charge in [-0.2, -0.15) is 0 Å². The van der Waals surface area contributed by atoms with Gasteiger partial charge in [0.1, 0.15) is 18.3 Å².